The number of carbonyl (C=O) groups excluding carboxylic acids is 1. The molecule has 0 fully saturated rings. The fraction of sp³-hybridized carbons (Fsp3) is 0.182. The lowest BCUT2D eigenvalue weighted by atomic mass is 10.1. The maximum absolute atomic E-state index is 10.5. The number of benzene rings is 1. The van der Waals surface area contributed by atoms with E-state index in [1.54, 1.807) is 12.1 Å². The molecule has 13 heavy (non-hydrogen) atoms. The minimum atomic E-state index is -0.208. The van der Waals surface area contributed by atoms with Gasteiger partial charge in [0.15, 0.2) is 0 Å². The van der Waals surface area contributed by atoms with Gasteiger partial charge in [-0.3, -0.25) is 4.79 Å². The Kier molecular flexibility index (Phi) is 2.71. The molecule has 0 amide bonds. The smallest absolute Gasteiger partial charge is 0.202 e. The van der Waals surface area contributed by atoms with Gasteiger partial charge in [0.2, 0.25) is 5.78 Å². The molecule has 1 N–H and O–H groups in total. The molecule has 0 atom stereocenters. The summed E-state index contributed by atoms with van der Waals surface area (Å²) in [5, 5.41) is 9.39. The minimum absolute atomic E-state index is 0.119. The zero-order valence-electron chi connectivity index (χ0n) is 7.59. The number of phenols is 1. The van der Waals surface area contributed by atoms with Crippen LogP contribution in [0.25, 0.3) is 0 Å². The molecule has 66 valence electrons. The van der Waals surface area contributed by atoms with Gasteiger partial charge >= 0.3 is 0 Å². The van der Waals surface area contributed by atoms with E-state index in [9.17, 15) is 9.90 Å². The summed E-state index contributed by atoms with van der Waals surface area (Å²) in [5.74, 6) is 4.87. The van der Waals surface area contributed by atoms with Crippen molar-refractivity contribution in [3.05, 3.63) is 29.3 Å². The number of carbonyl (C=O) groups is 1. The Bertz CT molecular complexity index is 394. The first-order valence-corrected chi connectivity index (χ1v) is 3.92. The second kappa shape index (κ2) is 3.77. The third-order valence-electron chi connectivity index (χ3n) is 1.53. The summed E-state index contributed by atoms with van der Waals surface area (Å²) in [7, 11) is 0. The summed E-state index contributed by atoms with van der Waals surface area (Å²) < 4.78 is 0. The first kappa shape index (κ1) is 9.34. The quantitative estimate of drug-likeness (QED) is 0.607. The van der Waals surface area contributed by atoms with Crippen molar-refractivity contribution in [2.24, 2.45) is 0 Å². The fourth-order valence-corrected chi connectivity index (χ4v) is 0.903. The van der Waals surface area contributed by atoms with Crippen molar-refractivity contribution in [1.82, 2.24) is 0 Å². The van der Waals surface area contributed by atoms with Crippen LogP contribution in [0.4, 0.5) is 0 Å². The number of aryl methyl sites for hydroxylation is 1. The SMILES string of the molecule is CC(=O)C#Cc1ccc(C)cc1O. The van der Waals surface area contributed by atoms with Gasteiger partial charge in [-0.05, 0) is 30.5 Å². The van der Waals surface area contributed by atoms with Crippen LogP contribution in [0.1, 0.15) is 18.1 Å². The van der Waals surface area contributed by atoms with E-state index in [2.05, 4.69) is 11.8 Å². The van der Waals surface area contributed by atoms with Crippen LogP contribution in [0, 0.1) is 18.8 Å². The number of rotatable bonds is 0. The highest BCUT2D eigenvalue weighted by Crippen LogP contribution is 2.16. The number of aromatic hydroxyl groups is 1. The third-order valence-corrected chi connectivity index (χ3v) is 1.53. The number of phenolic OH excluding ortho intramolecular Hbond substituents is 1. The van der Waals surface area contributed by atoms with Gasteiger partial charge in [0, 0.05) is 6.92 Å². The van der Waals surface area contributed by atoms with E-state index in [4.69, 9.17) is 0 Å². The lowest BCUT2D eigenvalue weighted by molar-refractivity contribution is -0.111. The Morgan fingerprint density at radius 3 is 2.69 bits per heavy atom. The second-order valence-electron chi connectivity index (χ2n) is 2.83. The van der Waals surface area contributed by atoms with E-state index in [0.29, 0.717) is 5.56 Å². The summed E-state index contributed by atoms with van der Waals surface area (Å²) in [4.78, 5) is 10.5. The van der Waals surface area contributed by atoms with E-state index in [1.807, 2.05) is 13.0 Å². The highest BCUT2D eigenvalue weighted by molar-refractivity contribution is 5.94. The monoisotopic (exact) mass is 174 g/mol. The Morgan fingerprint density at radius 1 is 1.46 bits per heavy atom. The Balaban J connectivity index is 3.05. The molecule has 0 aromatic heterocycles. The molecule has 0 bridgehead atoms. The van der Waals surface area contributed by atoms with Crippen LogP contribution in [0.3, 0.4) is 0 Å². The minimum Gasteiger partial charge on any atom is -0.507 e. The first-order chi connectivity index (χ1) is 6.09. The van der Waals surface area contributed by atoms with Crippen LogP contribution < -0.4 is 0 Å². The Labute approximate surface area is 77.2 Å². The number of ketones is 1. The number of Topliss-reactive ketones (excluding diaryl/α,β-unsaturated/α-hetero) is 1. The second-order valence-corrected chi connectivity index (χ2v) is 2.83. The van der Waals surface area contributed by atoms with Crippen LogP contribution in [0.15, 0.2) is 18.2 Å². The van der Waals surface area contributed by atoms with Crippen molar-refractivity contribution in [3.8, 4) is 17.6 Å². The Morgan fingerprint density at radius 2 is 2.15 bits per heavy atom. The lowest BCUT2D eigenvalue weighted by Crippen LogP contribution is -1.83. The molecule has 1 aromatic carbocycles. The van der Waals surface area contributed by atoms with Crippen molar-refractivity contribution in [2.75, 3.05) is 0 Å². The fourth-order valence-electron chi connectivity index (χ4n) is 0.903. The molecule has 0 radical (unpaired) electrons. The van der Waals surface area contributed by atoms with Gasteiger partial charge in [0.25, 0.3) is 0 Å². The summed E-state index contributed by atoms with van der Waals surface area (Å²) in [5.41, 5.74) is 1.45. The van der Waals surface area contributed by atoms with Gasteiger partial charge in [-0.15, -0.1) is 0 Å². The predicted octanol–water partition coefficient (Wildman–Crippen LogP) is 1.64. The first-order valence-electron chi connectivity index (χ1n) is 3.92. The van der Waals surface area contributed by atoms with Gasteiger partial charge in [-0.25, -0.2) is 0 Å². The van der Waals surface area contributed by atoms with Crippen LogP contribution >= 0.6 is 0 Å². The van der Waals surface area contributed by atoms with E-state index in [-0.39, 0.29) is 11.5 Å². The summed E-state index contributed by atoms with van der Waals surface area (Å²) in [6.45, 7) is 3.26. The highest BCUT2D eigenvalue weighted by Gasteiger charge is 1.96. The van der Waals surface area contributed by atoms with Crippen LogP contribution in [0.5, 0.6) is 5.75 Å². The van der Waals surface area contributed by atoms with Crippen molar-refractivity contribution in [1.29, 1.82) is 0 Å². The molecule has 2 heteroatoms. The maximum atomic E-state index is 10.5. The van der Waals surface area contributed by atoms with E-state index in [1.165, 1.54) is 6.92 Å². The van der Waals surface area contributed by atoms with Gasteiger partial charge in [-0.1, -0.05) is 12.0 Å². The molecular formula is C11H10O2. The molecule has 0 unspecified atom stereocenters. The van der Waals surface area contributed by atoms with Gasteiger partial charge in [0.05, 0.1) is 5.56 Å². The Hall–Kier alpha value is -1.75. The molecule has 0 saturated heterocycles. The third kappa shape index (κ3) is 2.64. The maximum Gasteiger partial charge on any atom is 0.202 e. The summed E-state index contributed by atoms with van der Waals surface area (Å²) in [6.07, 6.45) is 0. The lowest BCUT2D eigenvalue weighted by Gasteiger charge is -1.96. The molecule has 1 aromatic rings. The molecule has 0 aliphatic carbocycles. The van der Waals surface area contributed by atoms with Crippen LogP contribution in [0.2, 0.25) is 0 Å². The molecule has 1 rings (SSSR count). The number of hydrogen-bond acceptors (Lipinski definition) is 2. The summed E-state index contributed by atoms with van der Waals surface area (Å²) in [6, 6.07) is 5.15. The normalized spacial score (nSPS) is 8.77. The van der Waals surface area contributed by atoms with Gasteiger partial charge < -0.3 is 5.11 Å². The van der Waals surface area contributed by atoms with Crippen LogP contribution in [-0.4, -0.2) is 10.9 Å². The molecule has 0 heterocycles. The van der Waals surface area contributed by atoms with Gasteiger partial charge in [0.1, 0.15) is 5.75 Å². The average molecular weight is 174 g/mol. The zero-order valence-corrected chi connectivity index (χ0v) is 7.59. The molecule has 0 aliphatic heterocycles. The topological polar surface area (TPSA) is 37.3 Å². The predicted molar refractivity (Wildman–Crippen MR) is 50.4 cm³/mol. The van der Waals surface area contributed by atoms with Crippen LogP contribution in [-0.2, 0) is 4.79 Å². The molecular weight excluding hydrogens is 164 g/mol. The molecule has 0 saturated carbocycles. The van der Waals surface area contributed by atoms with Crippen molar-refractivity contribution in [3.63, 3.8) is 0 Å². The van der Waals surface area contributed by atoms with Crippen molar-refractivity contribution < 1.29 is 9.90 Å². The van der Waals surface area contributed by atoms with E-state index >= 15 is 0 Å². The number of hydrogen-bond donors (Lipinski definition) is 1. The van der Waals surface area contributed by atoms with Gasteiger partial charge in [-0.2, -0.15) is 0 Å². The zero-order chi connectivity index (χ0) is 9.84. The largest absolute Gasteiger partial charge is 0.507 e. The standard InChI is InChI=1S/C11H10O2/c1-8-3-5-10(11(13)7-8)6-4-9(2)12/h3,5,7,13H,1-2H3. The molecule has 2 nitrogen and oxygen atoms in total. The van der Waals surface area contributed by atoms with E-state index < -0.39 is 0 Å². The average Bonchev–Trinajstić information content (AvgIpc) is 2.02. The highest BCUT2D eigenvalue weighted by atomic mass is 16.3. The van der Waals surface area contributed by atoms with Crippen molar-refractivity contribution >= 4 is 5.78 Å². The molecule has 0 aliphatic rings. The van der Waals surface area contributed by atoms with E-state index in [0.717, 1.165) is 5.56 Å². The summed E-state index contributed by atoms with van der Waals surface area (Å²) >= 11 is 0. The van der Waals surface area contributed by atoms with Crippen molar-refractivity contribution in [2.45, 2.75) is 13.8 Å². The molecule has 0 spiro atoms.